The molecule has 2 rings (SSSR count). The molecule has 1 saturated heterocycles. The Balaban J connectivity index is 2.01. The predicted octanol–water partition coefficient (Wildman–Crippen LogP) is 2.20. The van der Waals surface area contributed by atoms with Crippen LogP contribution in [0.5, 0.6) is 0 Å². The van der Waals surface area contributed by atoms with E-state index in [9.17, 15) is 13.2 Å². The average Bonchev–Trinajstić information content (AvgIpc) is 2.89. The zero-order valence-corrected chi connectivity index (χ0v) is 15.2. The molecule has 1 aromatic rings. The Kier molecular flexibility index (Phi) is 6.77. The zero-order valence-electron chi connectivity index (χ0n) is 14.4. The fourth-order valence-corrected chi connectivity index (χ4v) is 4.29. The van der Waals surface area contributed by atoms with E-state index < -0.39 is 10.0 Å². The Morgan fingerprint density at radius 1 is 1.12 bits per heavy atom. The van der Waals surface area contributed by atoms with Gasteiger partial charge in [0.1, 0.15) is 0 Å². The molecule has 7 heteroatoms. The molecule has 0 N–H and O–H groups in total. The van der Waals surface area contributed by atoms with Gasteiger partial charge in [0.25, 0.3) is 0 Å². The molecule has 134 valence electrons. The molecule has 1 fully saturated rings. The van der Waals surface area contributed by atoms with Gasteiger partial charge in [-0.25, -0.2) is 13.5 Å². The third-order valence-corrected chi connectivity index (χ3v) is 6.29. The highest BCUT2D eigenvalue weighted by atomic mass is 32.2. The Hall–Kier alpha value is -1.44. The van der Waals surface area contributed by atoms with E-state index in [0.717, 1.165) is 31.2 Å². The number of aryl methyl sites for hydroxylation is 1. The standard InChI is InChI=1S/C17H26N2O4S/c1-18(23-2)17(20)12-9-15-7-10-16(11-8-15)24(21,22)19-13-5-3-4-6-14-19/h7-8,10-11H,3-6,9,12-14H2,1-2H3. The van der Waals surface area contributed by atoms with Crippen LogP contribution in [0.4, 0.5) is 0 Å². The summed E-state index contributed by atoms with van der Waals surface area (Å²) in [5.74, 6) is -0.112. The van der Waals surface area contributed by atoms with Crippen molar-refractivity contribution in [3.8, 4) is 0 Å². The first-order chi connectivity index (χ1) is 11.4. The molecule has 0 aliphatic carbocycles. The van der Waals surface area contributed by atoms with Gasteiger partial charge in [0, 0.05) is 26.6 Å². The lowest BCUT2D eigenvalue weighted by Crippen LogP contribution is -2.31. The molecule has 1 aromatic carbocycles. The van der Waals surface area contributed by atoms with Gasteiger partial charge in [-0.2, -0.15) is 4.31 Å². The minimum atomic E-state index is -3.41. The van der Waals surface area contributed by atoms with E-state index >= 15 is 0 Å². The molecule has 24 heavy (non-hydrogen) atoms. The second kappa shape index (κ2) is 8.60. The Morgan fingerprint density at radius 3 is 2.25 bits per heavy atom. The second-order valence-electron chi connectivity index (χ2n) is 6.04. The van der Waals surface area contributed by atoms with E-state index in [4.69, 9.17) is 4.84 Å². The molecule has 0 aromatic heterocycles. The van der Waals surface area contributed by atoms with E-state index in [1.165, 1.54) is 12.2 Å². The van der Waals surface area contributed by atoms with Crippen LogP contribution in [0.25, 0.3) is 0 Å². The highest BCUT2D eigenvalue weighted by Crippen LogP contribution is 2.21. The minimum absolute atomic E-state index is 0.112. The van der Waals surface area contributed by atoms with Crippen molar-refractivity contribution in [1.29, 1.82) is 0 Å². The molecule has 0 spiro atoms. The number of hydroxylamine groups is 2. The molecule has 1 amide bonds. The summed E-state index contributed by atoms with van der Waals surface area (Å²) in [6.07, 6.45) is 4.90. The van der Waals surface area contributed by atoms with E-state index in [1.807, 2.05) is 0 Å². The molecule has 0 radical (unpaired) electrons. The van der Waals surface area contributed by atoms with Crippen molar-refractivity contribution in [3.05, 3.63) is 29.8 Å². The maximum Gasteiger partial charge on any atom is 0.246 e. The zero-order chi connectivity index (χ0) is 17.6. The second-order valence-corrected chi connectivity index (χ2v) is 7.97. The smallest absolute Gasteiger partial charge is 0.246 e. The number of nitrogens with zero attached hydrogens (tertiary/aromatic N) is 2. The molecule has 1 aliphatic rings. The summed E-state index contributed by atoms with van der Waals surface area (Å²) in [6.45, 7) is 1.20. The highest BCUT2D eigenvalue weighted by Gasteiger charge is 2.24. The first kappa shape index (κ1) is 18.9. The normalized spacial score (nSPS) is 16.6. The van der Waals surface area contributed by atoms with Crippen molar-refractivity contribution in [3.63, 3.8) is 0 Å². The summed E-state index contributed by atoms with van der Waals surface area (Å²) in [7, 11) is -0.399. The SMILES string of the molecule is CON(C)C(=O)CCc1ccc(S(=O)(=O)N2CCCCCC2)cc1. The van der Waals surface area contributed by atoms with Crippen LogP contribution in [-0.4, -0.2) is 50.9 Å². The van der Waals surface area contributed by atoms with Gasteiger partial charge in [0.05, 0.1) is 12.0 Å². The van der Waals surface area contributed by atoms with Gasteiger partial charge in [0.15, 0.2) is 0 Å². The third-order valence-electron chi connectivity index (χ3n) is 4.38. The summed E-state index contributed by atoms with van der Waals surface area (Å²) >= 11 is 0. The van der Waals surface area contributed by atoms with Crippen LogP contribution in [0.3, 0.4) is 0 Å². The van der Waals surface area contributed by atoms with Crippen molar-refractivity contribution < 1.29 is 18.0 Å². The lowest BCUT2D eigenvalue weighted by molar-refractivity contribution is -0.168. The van der Waals surface area contributed by atoms with Gasteiger partial charge in [-0.15, -0.1) is 0 Å². The molecule has 1 aliphatic heterocycles. The summed E-state index contributed by atoms with van der Waals surface area (Å²) < 4.78 is 27.0. The lowest BCUT2D eigenvalue weighted by Gasteiger charge is -2.20. The van der Waals surface area contributed by atoms with Crippen molar-refractivity contribution in [2.75, 3.05) is 27.2 Å². The summed E-state index contributed by atoms with van der Waals surface area (Å²) in [6, 6.07) is 6.84. The summed E-state index contributed by atoms with van der Waals surface area (Å²) in [4.78, 5) is 16.9. The van der Waals surface area contributed by atoms with Crippen LogP contribution in [0.15, 0.2) is 29.2 Å². The maximum absolute atomic E-state index is 12.7. The van der Waals surface area contributed by atoms with Gasteiger partial charge >= 0.3 is 0 Å². The molecular formula is C17H26N2O4S. The Labute approximate surface area is 144 Å². The van der Waals surface area contributed by atoms with E-state index in [2.05, 4.69) is 0 Å². The van der Waals surface area contributed by atoms with E-state index in [1.54, 1.807) is 35.6 Å². The molecule has 0 saturated carbocycles. The van der Waals surface area contributed by atoms with E-state index in [-0.39, 0.29) is 5.91 Å². The first-order valence-corrected chi connectivity index (χ1v) is 9.79. The number of hydrogen-bond acceptors (Lipinski definition) is 4. The number of amides is 1. The lowest BCUT2D eigenvalue weighted by atomic mass is 10.1. The molecule has 6 nitrogen and oxygen atoms in total. The number of rotatable bonds is 6. The largest absolute Gasteiger partial charge is 0.275 e. The first-order valence-electron chi connectivity index (χ1n) is 8.35. The predicted molar refractivity (Wildman–Crippen MR) is 91.8 cm³/mol. The van der Waals surface area contributed by atoms with Crippen LogP contribution < -0.4 is 0 Å². The molecule has 1 heterocycles. The van der Waals surface area contributed by atoms with Crippen molar-refractivity contribution in [1.82, 2.24) is 9.37 Å². The van der Waals surface area contributed by atoms with Crippen LogP contribution >= 0.6 is 0 Å². The van der Waals surface area contributed by atoms with Crippen molar-refractivity contribution >= 4 is 15.9 Å². The fourth-order valence-electron chi connectivity index (χ4n) is 2.77. The summed E-state index contributed by atoms with van der Waals surface area (Å²) in [5, 5.41) is 1.19. The van der Waals surface area contributed by atoms with Gasteiger partial charge in [-0.1, -0.05) is 25.0 Å². The molecule has 0 bridgehead atoms. The minimum Gasteiger partial charge on any atom is -0.275 e. The summed E-state index contributed by atoms with van der Waals surface area (Å²) in [5.41, 5.74) is 0.933. The van der Waals surface area contributed by atoms with Gasteiger partial charge in [-0.05, 0) is 37.0 Å². The van der Waals surface area contributed by atoms with Crippen LogP contribution in [0.1, 0.15) is 37.7 Å². The third kappa shape index (κ3) is 4.78. The number of benzene rings is 1. The number of carbonyl (C=O) groups is 1. The number of hydrogen-bond donors (Lipinski definition) is 0. The quantitative estimate of drug-likeness (QED) is 0.735. The van der Waals surface area contributed by atoms with E-state index in [0.29, 0.717) is 30.8 Å². The number of carbonyl (C=O) groups excluding carboxylic acids is 1. The average molecular weight is 354 g/mol. The highest BCUT2D eigenvalue weighted by molar-refractivity contribution is 7.89. The van der Waals surface area contributed by atoms with Crippen molar-refractivity contribution in [2.24, 2.45) is 0 Å². The fraction of sp³-hybridized carbons (Fsp3) is 0.588. The van der Waals surface area contributed by atoms with Crippen LogP contribution in [-0.2, 0) is 26.1 Å². The van der Waals surface area contributed by atoms with Gasteiger partial charge in [-0.3, -0.25) is 9.63 Å². The molecule has 0 unspecified atom stereocenters. The van der Waals surface area contributed by atoms with Gasteiger partial charge < -0.3 is 0 Å². The molecular weight excluding hydrogens is 328 g/mol. The number of sulfonamides is 1. The van der Waals surface area contributed by atoms with Crippen molar-refractivity contribution in [2.45, 2.75) is 43.4 Å². The Morgan fingerprint density at radius 2 is 1.71 bits per heavy atom. The topological polar surface area (TPSA) is 66.9 Å². The molecule has 0 atom stereocenters. The Bertz CT molecular complexity index is 635. The van der Waals surface area contributed by atoms with Crippen LogP contribution in [0.2, 0.25) is 0 Å². The maximum atomic E-state index is 12.7. The van der Waals surface area contributed by atoms with Crippen LogP contribution in [0, 0.1) is 0 Å². The monoisotopic (exact) mass is 354 g/mol. The van der Waals surface area contributed by atoms with Gasteiger partial charge in [0.2, 0.25) is 15.9 Å².